The van der Waals surface area contributed by atoms with Gasteiger partial charge in [0.05, 0.1) is 13.2 Å². The van der Waals surface area contributed by atoms with E-state index in [2.05, 4.69) is 9.88 Å². The number of hydrogen-bond donors (Lipinski definition) is 0. The van der Waals surface area contributed by atoms with Gasteiger partial charge in [-0.05, 0) is 36.6 Å². The highest BCUT2D eigenvalue weighted by Gasteiger charge is 2.57. The van der Waals surface area contributed by atoms with Crippen LogP contribution in [0, 0.1) is 0 Å². The minimum atomic E-state index is -0.722. The van der Waals surface area contributed by atoms with Gasteiger partial charge in [-0.2, -0.15) is 11.8 Å². The predicted octanol–water partition coefficient (Wildman–Crippen LogP) is 1.83. The van der Waals surface area contributed by atoms with Gasteiger partial charge in [-0.15, -0.1) is 0 Å². The summed E-state index contributed by atoms with van der Waals surface area (Å²) in [6, 6.07) is 4.15. The number of rotatable bonds is 6. The molecule has 3 aliphatic rings. The largest absolute Gasteiger partial charge is 0.383 e. The molecule has 1 aromatic heterocycles. The Balaban J connectivity index is 1.53. The van der Waals surface area contributed by atoms with E-state index in [0.29, 0.717) is 32.0 Å². The topological polar surface area (TPSA) is 66.0 Å². The quantitative estimate of drug-likeness (QED) is 0.674. The number of nitrogens with zero attached hydrogens (tertiary/aromatic N) is 4. The molecule has 152 valence electrons. The molecule has 1 unspecified atom stereocenters. The van der Waals surface area contributed by atoms with Gasteiger partial charge in [-0.25, -0.2) is 4.79 Å². The first kappa shape index (κ1) is 19.7. The van der Waals surface area contributed by atoms with Gasteiger partial charge in [0.25, 0.3) is 5.91 Å². The fraction of sp³-hybridized carbons (Fsp3) is 0.650. The SMILES string of the molecule is COCCN1C(=O)N(Cc2cccnc2)C(=O)C12CCN(C1CCSC1)CC2. The normalized spacial score (nSPS) is 25.2. The van der Waals surface area contributed by atoms with Crippen molar-refractivity contribution >= 4 is 23.7 Å². The molecule has 3 aliphatic heterocycles. The Hall–Kier alpha value is -1.64. The second-order valence-electron chi connectivity index (χ2n) is 7.76. The third-order valence-corrected chi connectivity index (χ3v) is 7.40. The van der Waals surface area contributed by atoms with E-state index in [-0.39, 0.29) is 18.5 Å². The van der Waals surface area contributed by atoms with E-state index in [1.54, 1.807) is 24.4 Å². The molecule has 0 saturated carbocycles. The molecule has 0 N–H and O–H groups in total. The number of aromatic nitrogens is 1. The number of pyridine rings is 1. The summed E-state index contributed by atoms with van der Waals surface area (Å²) >= 11 is 2.01. The number of ether oxygens (including phenoxy) is 1. The number of carbonyl (C=O) groups excluding carboxylic acids is 2. The number of likely N-dealkylation sites (tertiary alicyclic amines) is 1. The highest BCUT2D eigenvalue weighted by atomic mass is 32.2. The fourth-order valence-electron chi connectivity index (χ4n) is 4.64. The fourth-order valence-corrected chi connectivity index (χ4v) is 5.90. The second kappa shape index (κ2) is 8.39. The summed E-state index contributed by atoms with van der Waals surface area (Å²) in [5.41, 5.74) is 0.147. The van der Waals surface area contributed by atoms with Crippen molar-refractivity contribution in [3.63, 3.8) is 0 Å². The Bertz CT molecular complexity index is 703. The van der Waals surface area contributed by atoms with Crippen LogP contribution in [0.5, 0.6) is 0 Å². The molecule has 0 radical (unpaired) electrons. The lowest BCUT2D eigenvalue weighted by molar-refractivity contribution is -0.136. The second-order valence-corrected chi connectivity index (χ2v) is 8.91. The van der Waals surface area contributed by atoms with Crippen molar-refractivity contribution in [2.45, 2.75) is 37.4 Å². The van der Waals surface area contributed by atoms with E-state index in [4.69, 9.17) is 4.74 Å². The monoisotopic (exact) mass is 404 g/mol. The molecule has 4 rings (SSSR count). The average Bonchev–Trinajstić information content (AvgIpc) is 3.32. The summed E-state index contributed by atoms with van der Waals surface area (Å²) in [7, 11) is 1.63. The zero-order chi connectivity index (χ0) is 19.6. The highest BCUT2D eigenvalue weighted by molar-refractivity contribution is 7.99. The Kier molecular flexibility index (Phi) is 5.89. The Morgan fingerprint density at radius 1 is 1.32 bits per heavy atom. The molecule has 1 atom stereocenters. The molecular formula is C20H28N4O3S. The summed E-state index contributed by atoms with van der Waals surface area (Å²) in [5, 5.41) is 0. The van der Waals surface area contributed by atoms with E-state index in [1.165, 1.54) is 22.8 Å². The van der Waals surface area contributed by atoms with Gasteiger partial charge in [-0.3, -0.25) is 19.6 Å². The van der Waals surface area contributed by atoms with Crippen LogP contribution in [0.25, 0.3) is 0 Å². The first-order valence-corrected chi connectivity index (χ1v) is 11.1. The molecule has 8 heteroatoms. The first-order valence-electron chi connectivity index (χ1n) is 9.99. The van der Waals surface area contributed by atoms with E-state index in [0.717, 1.165) is 18.7 Å². The summed E-state index contributed by atoms with van der Waals surface area (Å²) in [6.45, 7) is 2.90. The van der Waals surface area contributed by atoms with Crippen LogP contribution in [-0.2, 0) is 16.1 Å². The van der Waals surface area contributed by atoms with Crippen molar-refractivity contribution in [2.24, 2.45) is 0 Å². The van der Waals surface area contributed by atoms with Crippen LogP contribution in [0.3, 0.4) is 0 Å². The lowest BCUT2D eigenvalue weighted by atomic mass is 9.85. The molecule has 0 aliphatic carbocycles. The molecular weight excluding hydrogens is 376 g/mol. The van der Waals surface area contributed by atoms with Crippen LogP contribution in [0.15, 0.2) is 24.5 Å². The maximum atomic E-state index is 13.5. The van der Waals surface area contributed by atoms with Crippen molar-refractivity contribution in [1.29, 1.82) is 0 Å². The van der Waals surface area contributed by atoms with Crippen molar-refractivity contribution < 1.29 is 14.3 Å². The lowest BCUT2D eigenvalue weighted by Gasteiger charge is -2.43. The zero-order valence-electron chi connectivity index (χ0n) is 16.4. The van der Waals surface area contributed by atoms with Gasteiger partial charge in [0, 0.05) is 50.9 Å². The molecule has 3 saturated heterocycles. The molecule has 0 aromatic carbocycles. The van der Waals surface area contributed by atoms with E-state index in [1.807, 2.05) is 23.9 Å². The minimum Gasteiger partial charge on any atom is -0.383 e. The van der Waals surface area contributed by atoms with E-state index in [9.17, 15) is 9.59 Å². The van der Waals surface area contributed by atoms with E-state index >= 15 is 0 Å². The van der Waals surface area contributed by atoms with Crippen molar-refractivity contribution in [1.82, 2.24) is 19.7 Å². The maximum absolute atomic E-state index is 13.5. The van der Waals surface area contributed by atoms with Gasteiger partial charge in [0.15, 0.2) is 0 Å². The molecule has 1 spiro atoms. The molecule has 1 aromatic rings. The Morgan fingerprint density at radius 2 is 2.14 bits per heavy atom. The summed E-state index contributed by atoms with van der Waals surface area (Å²) in [6.07, 6.45) is 6.04. The summed E-state index contributed by atoms with van der Waals surface area (Å²) in [5.74, 6) is 2.35. The van der Waals surface area contributed by atoms with Crippen LogP contribution in [0.4, 0.5) is 4.79 Å². The van der Waals surface area contributed by atoms with Gasteiger partial charge in [0.1, 0.15) is 5.54 Å². The lowest BCUT2D eigenvalue weighted by Crippen LogP contribution is -2.58. The number of carbonyl (C=O) groups is 2. The van der Waals surface area contributed by atoms with Gasteiger partial charge < -0.3 is 9.64 Å². The predicted molar refractivity (Wildman–Crippen MR) is 108 cm³/mol. The molecule has 4 heterocycles. The van der Waals surface area contributed by atoms with Crippen LogP contribution in [0.2, 0.25) is 0 Å². The number of thioether (sulfide) groups is 1. The molecule has 0 bridgehead atoms. The van der Waals surface area contributed by atoms with Crippen molar-refractivity contribution in [2.75, 3.05) is 44.9 Å². The Labute approximate surface area is 170 Å². The van der Waals surface area contributed by atoms with Crippen molar-refractivity contribution in [3.05, 3.63) is 30.1 Å². The molecule has 7 nitrogen and oxygen atoms in total. The summed E-state index contributed by atoms with van der Waals surface area (Å²) < 4.78 is 5.23. The van der Waals surface area contributed by atoms with Gasteiger partial charge >= 0.3 is 6.03 Å². The molecule has 28 heavy (non-hydrogen) atoms. The average molecular weight is 405 g/mol. The van der Waals surface area contributed by atoms with Crippen molar-refractivity contribution in [3.8, 4) is 0 Å². The molecule has 3 fully saturated rings. The maximum Gasteiger partial charge on any atom is 0.328 e. The number of imide groups is 1. The number of amides is 3. The van der Waals surface area contributed by atoms with Crippen LogP contribution in [0.1, 0.15) is 24.8 Å². The summed E-state index contributed by atoms with van der Waals surface area (Å²) in [4.78, 5) is 36.5. The minimum absolute atomic E-state index is 0.0575. The zero-order valence-corrected chi connectivity index (χ0v) is 17.2. The number of methoxy groups -OCH3 is 1. The van der Waals surface area contributed by atoms with Crippen LogP contribution in [-0.4, -0.2) is 88.1 Å². The highest BCUT2D eigenvalue weighted by Crippen LogP contribution is 2.39. The number of hydrogen-bond acceptors (Lipinski definition) is 6. The van der Waals surface area contributed by atoms with Gasteiger partial charge in [0.2, 0.25) is 0 Å². The standard InChI is InChI=1S/C20H28N4O3S/c1-27-11-10-24-19(26)23(14-16-3-2-7-21-13-16)18(25)20(24)5-8-22(9-6-20)17-4-12-28-15-17/h2-3,7,13,17H,4-6,8-12,14-15H2,1H3. The smallest absolute Gasteiger partial charge is 0.328 e. The molecule has 3 amide bonds. The van der Waals surface area contributed by atoms with E-state index < -0.39 is 5.54 Å². The Morgan fingerprint density at radius 3 is 2.79 bits per heavy atom. The number of piperidine rings is 1. The first-order chi connectivity index (χ1) is 13.7. The van der Waals surface area contributed by atoms with Crippen LogP contribution < -0.4 is 0 Å². The third kappa shape index (κ3) is 3.53. The third-order valence-electron chi connectivity index (χ3n) is 6.25. The van der Waals surface area contributed by atoms with Gasteiger partial charge in [-0.1, -0.05) is 6.07 Å². The number of urea groups is 1. The van der Waals surface area contributed by atoms with Crippen LogP contribution >= 0.6 is 11.8 Å².